The van der Waals surface area contributed by atoms with Crippen molar-refractivity contribution in [3.05, 3.63) is 64.4 Å². The zero-order valence-corrected chi connectivity index (χ0v) is 14.7. The van der Waals surface area contributed by atoms with E-state index in [-0.39, 0.29) is 35.6 Å². The third-order valence-electron chi connectivity index (χ3n) is 4.17. The Morgan fingerprint density at radius 2 is 1.96 bits per heavy atom. The number of ether oxygens (including phenoxy) is 1. The molecule has 1 aliphatic rings. The first kappa shape index (κ1) is 18.2. The number of nitrogens with two attached hydrogens (primary N) is 1. The van der Waals surface area contributed by atoms with E-state index in [9.17, 15) is 14.0 Å². The fourth-order valence-electron chi connectivity index (χ4n) is 2.62. The second kappa shape index (κ2) is 7.74. The molecule has 0 heterocycles. The highest BCUT2D eigenvalue weighted by molar-refractivity contribution is 6.31. The lowest BCUT2D eigenvalue weighted by Crippen LogP contribution is -2.36. The minimum absolute atomic E-state index is 0.0569. The van der Waals surface area contributed by atoms with Crippen molar-refractivity contribution in [1.29, 1.82) is 0 Å². The van der Waals surface area contributed by atoms with Crippen molar-refractivity contribution in [2.45, 2.75) is 25.4 Å². The summed E-state index contributed by atoms with van der Waals surface area (Å²) in [4.78, 5) is 26.2. The normalized spacial score (nSPS) is 13.3. The van der Waals surface area contributed by atoms with Crippen LogP contribution in [0.2, 0.25) is 5.02 Å². The van der Waals surface area contributed by atoms with Crippen molar-refractivity contribution in [1.82, 2.24) is 4.90 Å². The molecule has 0 aliphatic heterocycles. The van der Waals surface area contributed by atoms with E-state index in [1.54, 1.807) is 23.1 Å². The Morgan fingerprint density at radius 1 is 1.23 bits per heavy atom. The summed E-state index contributed by atoms with van der Waals surface area (Å²) in [5.41, 5.74) is 6.50. The number of anilines is 1. The van der Waals surface area contributed by atoms with E-state index in [1.807, 2.05) is 0 Å². The summed E-state index contributed by atoms with van der Waals surface area (Å²) in [5.74, 6) is -1.43. The summed E-state index contributed by atoms with van der Waals surface area (Å²) < 4.78 is 19.0. The molecule has 3 rings (SSSR count). The van der Waals surface area contributed by atoms with Crippen LogP contribution in [0.25, 0.3) is 0 Å². The first-order chi connectivity index (χ1) is 12.5. The van der Waals surface area contributed by atoms with E-state index in [0.717, 1.165) is 12.8 Å². The Balaban J connectivity index is 1.63. The maximum absolute atomic E-state index is 13.9. The summed E-state index contributed by atoms with van der Waals surface area (Å²) in [7, 11) is 0. The van der Waals surface area contributed by atoms with Crippen molar-refractivity contribution >= 4 is 29.2 Å². The smallest absolute Gasteiger partial charge is 0.340 e. The van der Waals surface area contributed by atoms with Crippen LogP contribution < -0.4 is 5.73 Å². The average Bonchev–Trinajstić information content (AvgIpc) is 3.43. The number of carbonyl (C=O) groups is 2. The molecule has 2 N–H and O–H groups in total. The van der Waals surface area contributed by atoms with Crippen LogP contribution in [0.1, 0.15) is 28.8 Å². The largest absolute Gasteiger partial charge is 0.452 e. The Hall–Kier alpha value is -2.60. The van der Waals surface area contributed by atoms with Gasteiger partial charge in [-0.25, -0.2) is 9.18 Å². The van der Waals surface area contributed by atoms with E-state index in [2.05, 4.69) is 0 Å². The molecular weight excluding hydrogens is 359 g/mol. The van der Waals surface area contributed by atoms with Gasteiger partial charge in [-0.3, -0.25) is 4.79 Å². The van der Waals surface area contributed by atoms with Crippen LogP contribution in [0.4, 0.5) is 10.1 Å². The molecule has 0 atom stereocenters. The van der Waals surface area contributed by atoms with Crippen LogP contribution in [0.15, 0.2) is 42.5 Å². The maximum atomic E-state index is 13.9. The van der Waals surface area contributed by atoms with Gasteiger partial charge in [0.05, 0.1) is 5.56 Å². The number of halogens is 2. The highest BCUT2D eigenvalue weighted by atomic mass is 35.5. The van der Waals surface area contributed by atoms with Crippen LogP contribution in [0.5, 0.6) is 0 Å². The predicted octanol–water partition coefficient (Wildman–Crippen LogP) is 3.41. The molecular formula is C19H18ClFN2O3. The first-order valence-electron chi connectivity index (χ1n) is 8.20. The lowest BCUT2D eigenvalue weighted by Gasteiger charge is -2.22. The molecule has 2 aromatic rings. The second-order valence-corrected chi connectivity index (χ2v) is 6.59. The molecule has 26 heavy (non-hydrogen) atoms. The Kier molecular flexibility index (Phi) is 5.42. The molecule has 7 heteroatoms. The summed E-state index contributed by atoms with van der Waals surface area (Å²) in [6.45, 7) is -0.275. The lowest BCUT2D eigenvalue weighted by atomic mass is 10.2. The number of esters is 1. The number of nitrogens with zero attached hydrogens (tertiary/aromatic N) is 1. The molecule has 2 aromatic carbocycles. The fourth-order valence-corrected chi connectivity index (χ4v) is 2.81. The van der Waals surface area contributed by atoms with Crippen LogP contribution in [0.3, 0.4) is 0 Å². The lowest BCUT2D eigenvalue weighted by molar-refractivity contribution is -0.135. The summed E-state index contributed by atoms with van der Waals surface area (Å²) in [6, 6.07) is 10.8. The summed E-state index contributed by atoms with van der Waals surface area (Å²) in [6.07, 6.45) is 1.72. The zero-order valence-electron chi connectivity index (χ0n) is 14.0. The van der Waals surface area contributed by atoms with Gasteiger partial charge in [0.25, 0.3) is 5.91 Å². The van der Waals surface area contributed by atoms with Crippen molar-refractivity contribution in [3.63, 3.8) is 0 Å². The molecule has 1 fully saturated rings. The van der Waals surface area contributed by atoms with Crippen LogP contribution in [0, 0.1) is 5.82 Å². The van der Waals surface area contributed by atoms with Gasteiger partial charge in [0, 0.05) is 28.9 Å². The number of hydrogen-bond acceptors (Lipinski definition) is 4. The number of benzene rings is 2. The van der Waals surface area contributed by atoms with Crippen molar-refractivity contribution in [2.75, 3.05) is 12.3 Å². The van der Waals surface area contributed by atoms with Gasteiger partial charge >= 0.3 is 5.97 Å². The number of hydrogen-bond donors (Lipinski definition) is 1. The number of carbonyl (C=O) groups excluding carboxylic acids is 2. The SMILES string of the molecule is Nc1cc(Cl)ccc1C(=O)OCC(=O)N(Cc1ccccc1F)C1CC1. The van der Waals surface area contributed by atoms with Crippen molar-refractivity contribution in [2.24, 2.45) is 0 Å². The summed E-state index contributed by atoms with van der Waals surface area (Å²) >= 11 is 5.80. The minimum Gasteiger partial charge on any atom is -0.452 e. The quantitative estimate of drug-likeness (QED) is 0.619. The molecule has 0 saturated heterocycles. The maximum Gasteiger partial charge on any atom is 0.340 e. The van der Waals surface area contributed by atoms with Crippen molar-refractivity contribution < 1.29 is 18.7 Å². The Labute approximate surface area is 155 Å². The Morgan fingerprint density at radius 3 is 2.62 bits per heavy atom. The molecule has 5 nitrogen and oxygen atoms in total. The van der Waals surface area contributed by atoms with E-state index >= 15 is 0 Å². The van der Waals surface area contributed by atoms with E-state index in [4.69, 9.17) is 22.1 Å². The molecule has 136 valence electrons. The molecule has 0 bridgehead atoms. The fraction of sp³-hybridized carbons (Fsp3) is 0.263. The van der Waals surface area contributed by atoms with Gasteiger partial charge in [-0.05, 0) is 37.1 Å². The van der Waals surface area contributed by atoms with Gasteiger partial charge in [0.15, 0.2) is 6.61 Å². The van der Waals surface area contributed by atoms with Gasteiger partial charge in [0.2, 0.25) is 0 Å². The predicted molar refractivity (Wildman–Crippen MR) is 96.1 cm³/mol. The van der Waals surface area contributed by atoms with E-state index in [1.165, 1.54) is 24.3 Å². The number of nitrogen functional groups attached to an aromatic ring is 1. The van der Waals surface area contributed by atoms with Gasteiger partial charge < -0.3 is 15.4 Å². The van der Waals surface area contributed by atoms with Crippen molar-refractivity contribution in [3.8, 4) is 0 Å². The van der Waals surface area contributed by atoms with Crippen LogP contribution >= 0.6 is 11.6 Å². The third-order valence-corrected chi connectivity index (χ3v) is 4.40. The minimum atomic E-state index is -0.700. The molecule has 1 saturated carbocycles. The zero-order chi connectivity index (χ0) is 18.7. The van der Waals surface area contributed by atoms with E-state index in [0.29, 0.717) is 10.6 Å². The summed E-state index contributed by atoms with van der Waals surface area (Å²) in [5, 5.41) is 0.403. The third kappa shape index (κ3) is 4.32. The highest BCUT2D eigenvalue weighted by Crippen LogP contribution is 2.29. The molecule has 0 unspecified atom stereocenters. The highest BCUT2D eigenvalue weighted by Gasteiger charge is 2.33. The molecule has 0 aromatic heterocycles. The van der Waals surface area contributed by atoms with Gasteiger partial charge in [-0.2, -0.15) is 0 Å². The molecule has 0 radical (unpaired) electrons. The number of rotatable bonds is 6. The molecule has 1 amide bonds. The topological polar surface area (TPSA) is 72.6 Å². The van der Waals surface area contributed by atoms with Gasteiger partial charge in [-0.15, -0.1) is 0 Å². The monoisotopic (exact) mass is 376 g/mol. The van der Waals surface area contributed by atoms with Crippen LogP contribution in [-0.4, -0.2) is 29.4 Å². The van der Waals surface area contributed by atoms with Gasteiger partial charge in [-0.1, -0.05) is 29.8 Å². The van der Waals surface area contributed by atoms with E-state index < -0.39 is 12.6 Å². The Bertz CT molecular complexity index is 839. The second-order valence-electron chi connectivity index (χ2n) is 6.15. The first-order valence-corrected chi connectivity index (χ1v) is 8.58. The van der Waals surface area contributed by atoms with Gasteiger partial charge in [0.1, 0.15) is 5.82 Å². The van der Waals surface area contributed by atoms with Crippen LogP contribution in [-0.2, 0) is 16.1 Å². The number of amides is 1. The average molecular weight is 377 g/mol. The standard InChI is InChI=1S/C19H18ClFN2O3/c20-13-5-8-15(17(22)9-13)19(25)26-11-18(24)23(14-6-7-14)10-12-3-1-2-4-16(12)21/h1-5,8-9,14H,6-7,10-11,22H2. The molecule has 0 spiro atoms. The molecule has 1 aliphatic carbocycles.